The number of pyridine rings is 1. The fourth-order valence-corrected chi connectivity index (χ4v) is 2.16. The summed E-state index contributed by atoms with van der Waals surface area (Å²) in [6.45, 7) is 2.15. The molecule has 1 heterocycles. The Bertz CT molecular complexity index is 570. The third kappa shape index (κ3) is 5.56. The molecule has 1 aromatic heterocycles. The van der Waals surface area contributed by atoms with Gasteiger partial charge in [0.1, 0.15) is 15.7 Å². The highest BCUT2D eigenvalue weighted by atomic mass is 32.2. The lowest BCUT2D eigenvalue weighted by atomic mass is 10.1. The number of hydrogen-bond donors (Lipinski definition) is 2. The molecule has 0 radical (unpaired) electrons. The van der Waals surface area contributed by atoms with Gasteiger partial charge in [-0.3, -0.25) is 4.79 Å². The normalized spacial score (nSPS) is 11.2. The number of nitrogens with one attached hydrogen (secondary N) is 2. The highest BCUT2D eigenvalue weighted by Crippen LogP contribution is 2.11. The van der Waals surface area contributed by atoms with E-state index in [0.717, 1.165) is 24.8 Å². The first kappa shape index (κ1) is 16.4. The molecule has 1 rings (SSSR count). The zero-order valence-electron chi connectivity index (χ0n) is 12.1. The number of hydrogen-bond acceptors (Lipinski definition) is 5. The summed E-state index contributed by atoms with van der Waals surface area (Å²) in [5.74, 6) is 0.277. The lowest BCUT2D eigenvalue weighted by molar-refractivity contribution is 0.0956. The van der Waals surface area contributed by atoms with E-state index in [-0.39, 0.29) is 18.2 Å². The van der Waals surface area contributed by atoms with Gasteiger partial charge >= 0.3 is 0 Å². The summed E-state index contributed by atoms with van der Waals surface area (Å²) in [4.78, 5) is 16.4. The van der Waals surface area contributed by atoms with Gasteiger partial charge in [-0.25, -0.2) is 13.4 Å². The van der Waals surface area contributed by atoms with Gasteiger partial charge in [0.2, 0.25) is 0 Å². The number of nitrogens with zero attached hydrogens (tertiary/aromatic N) is 1. The van der Waals surface area contributed by atoms with E-state index >= 15 is 0 Å². The maximum atomic E-state index is 12.0. The smallest absolute Gasteiger partial charge is 0.251 e. The van der Waals surface area contributed by atoms with Gasteiger partial charge in [-0.05, 0) is 18.6 Å². The highest BCUT2D eigenvalue weighted by Gasteiger charge is 2.10. The van der Waals surface area contributed by atoms with Gasteiger partial charge in [-0.15, -0.1) is 0 Å². The minimum Gasteiger partial charge on any atom is -0.373 e. The molecule has 0 aromatic carbocycles. The van der Waals surface area contributed by atoms with Gasteiger partial charge in [0, 0.05) is 31.1 Å². The Morgan fingerprint density at radius 2 is 2.05 bits per heavy atom. The average Bonchev–Trinajstić information content (AvgIpc) is 2.37. The SMILES string of the molecule is CCCc1cc(C(=O)NCCS(C)(=O)=O)cc(NC)n1. The average molecular weight is 299 g/mol. The first-order valence-electron chi connectivity index (χ1n) is 6.50. The molecule has 6 nitrogen and oxygen atoms in total. The first-order chi connectivity index (χ1) is 9.35. The number of sulfone groups is 1. The van der Waals surface area contributed by atoms with Crippen LogP contribution in [0.15, 0.2) is 12.1 Å². The predicted molar refractivity (Wildman–Crippen MR) is 79.8 cm³/mol. The quantitative estimate of drug-likeness (QED) is 0.779. The second-order valence-electron chi connectivity index (χ2n) is 4.62. The summed E-state index contributed by atoms with van der Waals surface area (Å²) in [6.07, 6.45) is 2.87. The summed E-state index contributed by atoms with van der Waals surface area (Å²) >= 11 is 0. The van der Waals surface area contributed by atoms with Crippen molar-refractivity contribution in [2.75, 3.05) is 30.9 Å². The number of anilines is 1. The number of carbonyl (C=O) groups excluding carboxylic acids is 1. The van der Waals surface area contributed by atoms with E-state index in [9.17, 15) is 13.2 Å². The zero-order valence-corrected chi connectivity index (χ0v) is 12.9. The largest absolute Gasteiger partial charge is 0.373 e. The molecule has 0 fully saturated rings. The van der Waals surface area contributed by atoms with Crippen molar-refractivity contribution in [2.24, 2.45) is 0 Å². The maximum Gasteiger partial charge on any atom is 0.251 e. The molecule has 0 saturated heterocycles. The monoisotopic (exact) mass is 299 g/mol. The van der Waals surface area contributed by atoms with Crippen LogP contribution >= 0.6 is 0 Å². The van der Waals surface area contributed by atoms with Crippen LogP contribution in [-0.4, -0.2) is 44.9 Å². The van der Waals surface area contributed by atoms with E-state index in [1.54, 1.807) is 19.2 Å². The molecule has 0 bridgehead atoms. The summed E-state index contributed by atoms with van der Waals surface area (Å²) in [6, 6.07) is 3.38. The molecule has 20 heavy (non-hydrogen) atoms. The third-order valence-corrected chi connectivity index (χ3v) is 3.61. The standard InChI is InChI=1S/C13H21N3O3S/c1-4-5-11-8-10(9-12(14-2)16-11)13(17)15-6-7-20(3,18)19/h8-9H,4-7H2,1-3H3,(H,14,16)(H,15,17). The number of amides is 1. The minimum absolute atomic E-state index is 0.0650. The topological polar surface area (TPSA) is 88.2 Å². The molecular weight excluding hydrogens is 278 g/mol. The van der Waals surface area contributed by atoms with Crippen LogP contribution in [0.4, 0.5) is 5.82 Å². The van der Waals surface area contributed by atoms with E-state index in [1.165, 1.54) is 0 Å². The molecule has 0 unspecified atom stereocenters. The van der Waals surface area contributed by atoms with E-state index < -0.39 is 9.84 Å². The van der Waals surface area contributed by atoms with Gasteiger partial charge in [-0.1, -0.05) is 13.3 Å². The Balaban J connectivity index is 2.78. The van der Waals surface area contributed by atoms with Crippen molar-refractivity contribution in [1.29, 1.82) is 0 Å². The van der Waals surface area contributed by atoms with Crippen molar-refractivity contribution < 1.29 is 13.2 Å². The van der Waals surface area contributed by atoms with Gasteiger partial charge in [-0.2, -0.15) is 0 Å². The van der Waals surface area contributed by atoms with Crippen LogP contribution in [0, 0.1) is 0 Å². The third-order valence-electron chi connectivity index (χ3n) is 2.66. The Labute approximate surface area is 119 Å². The molecule has 1 amide bonds. The summed E-state index contributed by atoms with van der Waals surface area (Å²) < 4.78 is 22.0. The highest BCUT2D eigenvalue weighted by molar-refractivity contribution is 7.90. The van der Waals surface area contributed by atoms with Crippen LogP contribution in [0.1, 0.15) is 29.4 Å². The van der Waals surface area contributed by atoms with Crippen LogP contribution in [0.5, 0.6) is 0 Å². The second kappa shape index (κ2) is 7.23. The molecule has 1 aromatic rings. The summed E-state index contributed by atoms with van der Waals surface area (Å²) in [5.41, 5.74) is 1.33. The molecule has 0 atom stereocenters. The van der Waals surface area contributed by atoms with Crippen LogP contribution in [0.25, 0.3) is 0 Å². The van der Waals surface area contributed by atoms with Crippen LogP contribution < -0.4 is 10.6 Å². The molecule has 0 spiro atoms. The van der Waals surface area contributed by atoms with E-state index in [0.29, 0.717) is 11.4 Å². The molecule has 112 valence electrons. The van der Waals surface area contributed by atoms with Crippen molar-refractivity contribution in [3.8, 4) is 0 Å². The number of rotatable bonds is 7. The summed E-state index contributed by atoms with van der Waals surface area (Å²) in [5, 5.41) is 5.52. The Morgan fingerprint density at radius 3 is 2.60 bits per heavy atom. The predicted octanol–water partition coefficient (Wildman–Crippen LogP) is 0.850. The lowest BCUT2D eigenvalue weighted by Gasteiger charge is -2.09. The zero-order chi connectivity index (χ0) is 15.2. The first-order valence-corrected chi connectivity index (χ1v) is 8.56. The molecule has 0 saturated carbocycles. The molecular formula is C13H21N3O3S. The Hall–Kier alpha value is -1.63. The van der Waals surface area contributed by atoms with E-state index in [4.69, 9.17) is 0 Å². The fourth-order valence-electron chi connectivity index (χ4n) is 1.68. The van der Waals surface area contributed by atoms with Crippen LogP contribution in [-0.2, 0) is 16.3 Å². The molecule has 2 N–H and O–H groups in total. The van der Waals surface area contributed by atoms with Crippen LogP contribution in [0.3, 0.4) is 0 Å². The Kier molecular flexibility index (Phi) is 5.94. The molecule has 0 aliphatic heterocycles. The van der Waals surface area contributed by atoms with Crippen molar-refractivity contribution in [3.63, 3.8) is 0 Å². The number of carbonyl (C=O) groups is 1. The van der Waals surface area contributed by atoms with Crippen molar-refractivity contribution in [2.45, 2.75) is 19.8 Å². The molecule has 0 aliphatic carbocycles. The van der Waals surface area contributed by atoms with Gasteiger partial charge < -0.3 is 10.6 Å². The lowest BCUT2D eigenvalue weighted by Crippen LogP contribution is -2.29. The minimum atomic E-state index is -3.07. The fraction of sp³-hybridized carbons (Fsp3) is 0.538. The molecule has 0 aliphatic rings. The second-order valence-corrected chi connectivity index (χ2v) is 6.88. The van der Waals surface area contributed by atoms with Crippen LogP contribution in [0.2, 0.25) is 0 Å². The van der Waals surface area contributed by atoms with Crippen molar-refractivity contribution in [3.05, 3.63) is 23.4 Å². The summed E-state index contributed by atoms with van der Waals surface area (Å²) in [7, 11) is -1.33. The Morgan fingerprint density at radius 1 is 1.35 bits per heavy atom. The van der Waals surface area contributed by atoms with Crippen molar-refractivity contribution >= 4 is 21.6 Å². The maximum absolute atomic E-state index is 12.0. The van der Waals surface area contributed by atoms with Gasteiger partial charge in [0.05, 0.1) is 5.75 Å². The number of aryl methyl sites for hydroxylation is 1. The van der Waals surface area contributed by atoms with Crippen molar-refractivity contribution in [1.82, 2.24) is 10.3 Å². The molecule has 7 heteroatoms. The van der Waals surface area contributed by atoms with Gasteiger partial charge in [0.25, 0.3) is 5.91 Å². The number of aromatic nitrogens is 1. The van der Waals surface area contributed by atoms with Gasteiger partial charge in [0.15, 0.2) is 0 Å². The van der Waals surface area contributed by atoms with E-state index in [1.807, 2.05) is 6.92 Å². The van der Waals surface area contributed by atoms with E-state index in [2.05, 4.69) is 15.6 Å².